The van der Waals surface area contributed by atoms with E-state index in [0.717, 1.165) is 0 Å². The fourth-order valence-electron chi connectivity index (χ4n) is 1.59. The van der Waals surface area contributed by atoms with E-state index < -0.39 is 6.10 Å². The van der Waals surface area contributed by atoms with Crippen molar-refractivity contribution in [3.05, 3.63) is 58.3 Å². The Hall–Kier alpha value is -1.78. The normalized spacial score (nSPS) is 11.8. The van der Waals surface area contributed by atoms with Gasteiger partial charge in [0.05, 0.1) is 5.02 Å². The number of halogens is 3. The van der Waals surface area contributed by atoms with Gasteiger partial charge in [-0.3, -0.25) is 4.79 Å². The molecule has 0 aliphatic carbocycles. The van der Waals surface area contributed by atoms with Crippen molar-refractivity contribution in [1.29, 1.82) is 0 Å². The number of benzene rings is 2. The number of carbonyl (C=O) groups is 1. The summed E-state index contributed by atoms with van der Waals surface area (Å²) in [4.78, 5) is 12.0. The van der Waals surface area contributed by atoms with E-state index in [9.17, 15) is 9.18 Å². The quantitative estimate of drug-likeness (QED) is 0.895. The lowest BCUT2D eigenvalue weighted by Crippen LogP contribution is -2.30. The molecule has 0 radical (unpaired) electrons. The summed E-state index contributed by atoms with van der Waals surface area (Å²) in [6.07, 6.45) is -0.770. The largest absolute Gasteiger partial charge is 0.479 e. The van der Waals surface area contributed by atoms with E-state index in [0.29, 0.717) is 21.5 Å². The van der Waals surface area contributed by atoms with E-state index in [4.69, 9.17) is 27.9 Å². The highest BCUT2D eigenvalue weighted by Gasteiger charge is 2.16. The van der Waals surface area contributed by atoms with Crippen LogP contribution in [0, 0.1) is 5.82 Å². The Kier molecular flexibility index (Phi) is 5.04. The number of carbonyl (C=O) groups excluding carboxylic acids is 1. The minimum absolute atomic E-state index is 0.323. The predicted octanol–water partition coefficient (Wildman–Crippen LogP) is 4.54. The molecule has 110 valence electrons. The predicted molar refractivity (Wildman–Crippen MR) is 81.6 cm³/mol. The Morgan fingerprint density at radius 2 is 1.86 bits per heavy atom. The van der Waals surface area contributed by atoms with Gasteiger partial charge in [0.2, 0.25) is 0 Å². The van der Waals surface area contributed by atoms with Crippen LogP contribution in [0.2, 0.25) is 10.0 Å². The second kappa shape index (κ2) is 6.78. The third-order valence-electron chi connectivity index (χ3n) is 2.68. The minimum atomic E-state index is -0.770. The molecule has 6 heteroatoms. The van der Waals surface area contributed by atoms with Crippen LogP contribution < -0.4 is 10.1 Å². The zero-order valence-corrected chi connectivity index (χ0v) is 12.6. The average Bonchev–Trinajstić information content (AvgIpc) is 2.44. The zero-order valence-electron chi connectivity index (χ0n) is 11.1. The van der Waals surface area contributed by atoms with Gasteiger partial charge in [0, 0.05) is 10.7 Å². The third-order valence-corrected chi connectivity index (χ3v) is 3.21. The lowest BCUT2D eigenvalue weighted by Gasteiger charge is -2.15. The molecule has 2 aromatic carbocycles. The maximum atomic E-state index is 12.8. The summed E-state index contributed by atoms with van der Waals surface area (Å²) >= 11 is 11.8. The SMILES string of the molecule is C[C@H](Oc1ccc(Cl)cc1Cl)C(=O)Nc1ccc(F)cc1. The van der Waals surface area contributed by atoms with E-state index in [1.165, 1.54) is 30.3 Å². The maximum absolute atomic E-state index is 12.8. The second-order valence-electron chi connectivity index (χ2n) is 4.33. The molecule has 2 aromatic rings. The van der Waals surface area contributed by atoms with Crippen LogP contribution in [0.5, 0.6) is 5.75 Å². The van der Waals surface area contributed by atoms with Crippen LogP contribution in [0.25, 0.3) is 0 Å². The van der Waals surface area contributed by atoms with E-state index in [-0.39, 0.29) is 11.7 Å². The van der Waals surface area contributed by atoms with Gasteiger partial charge in [-0.05, 0) is 49.4 Å². The first kappa shape index (κ1) is 15.6. The molecule has 1 amide bonds. The molecule has 0 bridgehead atoms. The van der Waals surface area contributed by atoms with Gasteiger partial charge in [-0.1, -0.05) is 23.2 Å². The fraction of sp³-hybridized carbons (Fsp3) is 0.133. The highest BCUT2D eigenvalue weighted by Crippen LogP contribution is 2.28. The summed E-state index contributed by atoms with van der Waals surface area (Å²) in [6.45, 7) is 1.59. The topological polar surface area (TPSA) is 38.3 Å². The molecule has 0 aromatic heterocycles. The fourth-order valence-corrected chi connectivity index (χ4v) is 2.04. The first-order chi connectivity index (χ1) is 9.95. The van der Waals surface area contributed by atoms with Crippen molar-refractivity contribution in [2.24, 2.45) is 0 Å². The monoisotopic (exact) mass is 327 g/mol. The van der Waals surface area contributed by atoms with Gasteiger partial charge in [0.1, 0.15) is 11.6 Å². The van der Waals surface area contributed by atoms with Crippen molar-refractivity contribution in [2.45, 2.75) is 13.0 Å². The lowest BCUT2D eigenvalue weighted by molar-refractivity contribution is -0.122. The highest BCUT2D eigenvalue weighted by atomic mass is 35.5. The van der Waals surface area contributed by atoms with Crippen LogP contribution in [0.15, 0.2) is 42.5 Å². The van der Waals surface area contributed by atoms with Crippen molar-refractivity contribution in [3.63, 3.8) is 0 Å². The Labute approximate surface area is 131 Å². The molecule has 0 unspecified atom stereocenters. The molecule has 3 nitrogen and oxygen atoms in total. The highest BCUT2D eigenvalue weighted by molar-refractivity contribution is 6.35. The van der Waals surface area contributed by atoms with Crippen molar-refractivity contribution < 1.29 is 13.9 Å². The zero-order chi connectivity index (χ0) is 15.4. The van der Waals surface area contributed by atoms with Gasteiger partial charge in [0.25, 0.3) is 5.91 Å². The Bertz CT molecular complexity index is 647. The van der Waals surface area contributed by atoms with Crippen LogP contribution in [0.3, 0.4) is 0 Å². The minimum Gasteiger partial charge on any atom is -0.479 e. The van der Waals surface area contributed by atoms with Gasteiger partial charge in [0.15, 0.2) is 6.10 Å². The van der Waals surface area contributed by atoms with Crippen molar-refractivity contribution >= 4 is 34.8 Å². The van der Waals surface area contributed by atoms with Crippen LogP contribution in [0.4, 0.5) is 10.1 Å². The maximum Gasteiger partial charge on any atom is 0.265 e. The average molecular weight is 328 g/mol. The number of anilines is 1. The molecule has 0 saturated carbocycles. The van der Waals surface area contributed by atoms with Crippen LogP contribution >= 0.6 is 23.2 Å². The number of hydrogen-bond donors (Lipinski definition) is 1. The van der Waals surface area contributed by atoms with E-state index >= 15 is 0 Å². The van der Waals surface area contributed by atoms with Gasteiger partial charge in [-0.15, -0.1) is 0 Å². The van der Waals surface area contributed by atoms with E-state index in [2.05, 4.69) is 5.32 Å². The summed E-state index contributed by atoms with van der Waals surface area (Å²) in [5.41, 5.74) is 0.485. The molecule has 0 saturated heterocycles. The molecule has 0 aliphatic heterocycles. The number of nitrogens with one attached hydrogen (secondary N) is 1. The molecule has 21 heavy (non-hydrogen) atoms. The summed E-state index contributed by atoms with van der Waals surface area (Å²) in [5.74, 6) is -0.374. The molecule has 0 spiro atoms. The lowest BCUT2D eigenvalue weighted by atomic mass is 10.3. The number of ether oxygens (including phenoxy) is 1. The van der Waals surface area contributed by atoms with Gasteiger partial charge in [-0.25, -0.2) is 4.39 Å². The molecule has 0 fully saturated rings. The van der Waals surface area contributed by atoms with Crippen LogP contribution in [0.1, 0.15) is 6.92 Å². The Morgan fingerprint density at radius 1 is 1.19 bits per heavy atom. The number of amides is 1. The second-order valence-corrected chi connectivity index (χ2v) is 5.17. The molecular weight excluding hydrogens is 316 g/mol. The van der Waals surface area contributed by atoms with Gasteiger partial charge < -0.3 is 10.1 Å². The number of hydrogen-bond acceptors (Lipinski definition) is 2. The summed E-state index contributed by atoms with van der Waals surface area (Å²) in [5, 5.41) is 3.43. The molecule has 2 rings (SSSR count). The Balaban J connectivity index is 2.00. The first-order valence-electron chi connectivity index (χ1n) is 6.14. The summed E-state index contributed by atoms with van der Waals surface area (Å²) in [7, 11) is 0. The first-order valence-corrected chi connectivity index (χ1v) is 6.89. The number of rotatable bonds is 4. The molecular formula is C15H12Cl2FNO2. The summed E-state index contributed by atoms with van der Waals surface area (Å²) < 4.78 is 18.3. The Morgan fingerprint density at radius 3 is 2.48 bits per heavy atom. The van der Waals surface area contributed by atoms with Crippen molar-refractivity contribution in [1.82, 2.24) is 0 Å². The molecule has 1 N–H and O–H groups in total. The van der Waals surface area contributed by atoms with Gasteiger partial charge in [-0.2, -0.15) is 0 Å². The standard InChI is InChI=1S/C15H12Cl2FNO2/c1-9(21-14-7-2-10(16)8-13(14)17)15(20)19-12-5-3-11(18)4-6-12/h2-9H,1H3,(H,19,20)/t9-/m0/s1. The van der Waals surface area contributed by atoms with Crippen molar-refractivity contribution in [3.8, 4) is 5.75 Å². The summed E-state index contributed by atoms with van der Waals surface area (Å²) in [6, 6.07) is 10.2. The van der Waals surface area contributed by atoms with E-state index in [1.807, 2.05) is 0 Å². The molecule has 0 aliphatic rings. The van der Waals surface area contributed by atoms with Crippen LogP contribution in [-0.2, 0) is 4.79 Å². The van der Waals surface area contributed by atoms with E-state index in [1.54, 1.807) is 19.1 Å². The third kappa shape index (κ3) is 4.34. The van der Waals surface area contributed by atoms with Crippen LogP contribution in [-0.4, -0.2) is 12.0 Å². The molecule has 1 atom stereocenters. The smallest absolute Gasteiger partial charge is 0.265 e. The van der Waals surface area contributed by atoms with Gasteiger partial charge >= 0.3 is 0 Å². The molecule has 0 heterocycles. The van der Waals surface area contributed by atoms with Crippen molar-refractivity contribution in [2.75, 3.05) is 5.32 Å².